The molecule has 0 amide bonds. The van der Waals surface area contributed by atoms with Crippen LogP contribution in [0.15, 0.2) is 40.9 Å². The molecule has 2 aromatic heterocycles. The highest BCUT2D eigenvalue weighted by Gasteiger charge is 2.23. The topological polar surface area (TPSA) is 17.0 Å². The third kappa shape index (κ3) is 2.71. The molecular formula is C23H22F2NO+. The van der Waals surface area contributed by atoms with E-state index in [0.717, 1.165) is 22.9 Å². The van der Waals surface area contributed by atoms with Gasteiger partial charge in [0.15, 0.2) is 6.20 Å². The van der Waals surface area contributed by atoms with Gasteiger partial charge in [-0.05, 0) is 30.9 Å². The van der Waals surface area contributed by atoms with E-state index in [1.165, 1.54) is 17.2 Å². The molecule has 0 aliphatic carbocycles. The van der Waals surface area contributed by atoms with Crippen molar-refractivity contribution in [1.29, 1.82) is 0 Å². The van der Waals surface area contributed by atoms with Crippen molar-refractivity contribution >= 4 is 21.9 Å². The largest absolute Gasteiger partial charge is 0.455 e. The van der Waals surface area contributed by atoms with Crippen LogP contribution in [0.25, 0.3) is 33.2 Å². The van der Waals surface area contributed by atoms with Crippen molar-refractivity contribution in [2.24, 2.45) is 7.05 Å². The minimum atomic E-state index is -0.639. The Morgan fingerprint density at radius 2 is 1.74 bits per heavy atom. The molecule has 4 aromatic rings. The number of hydrogen-bond donors (Lipinski definition) is 0. The lowest BCUT2D eigenvalue weighted by atomic mass is 9.95. The SMILES string of the molecule is Cc1cc(-c2c(C)ccc3c2oc2cc(F)cc(F)c23)[n+](C)cc1C(C)C. The number of benzene rings is 2. The van der Waals surface area contributed by atoms with Gasteiger partial charge < -0.3 is 4.42 Å². The number of hydrogen-bond acceptors (Lipinski definition) is 1. The summed E-state index contributed by atoms with van der Waals surface area (Å²) in [7, 11) is 2.00. The van der Waals surface area contributed by atoms with Crippen molar-refractivity contribution in [3.05, 3.63) is 64.9 Å². The maximum absolute atomic E-state index is 14.4. The van der Waals surface area contributed by atoms with Gasteiger partial charge in [-0.3, -0.25) is 0 Å². The van der Waals surface area contributed by atoms with Gasteiger partial charge in [0.1, 0.15) is 29.8 Å². The van der Waals surface area contributed by atoms with Gasteiger partial charge in [0.2, 0.25) is 5.69 Å². The molecule has 0 N–H and O–H groups in total. The van der Waals surface area contributed by atoms with E-state index in [4.69, 9.17) is 4.42 Å². The number of nitrogens with zero attached hydrogens (tertiary/aromatic N) is 1. The molecule has 2 nitrogen and oxygen atoms in total. The number of aromatic nitrogens is 1. The molecular weight excluding hydrogens is 344 g/mol. The molecule has 2 heterocycles. The molecule has 0 spiro atoms. The van der Waals surface area contributed by atoms with E-state index in [1.807, 2.05) is 26.1 Å². The van der Waals surface area contributed by atoms with E-state index >= 15 is 0 Å². The van der Waals surface area contributed by atoms with Gasteiger partial charge >= 0.3 is 0 Å². The van der Waals surface area contributed by atoms with Gasteiger partial charge in [0.25, 0.3) is 0 Å². The summed E-state index contributed by atoms with van der Waals surface area (Å²) in [5, 5.41) is 0.986. The van der Waals surface area contributed by atoms with Gasteiger partial charge in [-0.15, -0.1) is 0 Å². The Labute approximate surface area is 157 Å². The standard InChI is InChI=1S/C23H22F2NO/c1-12(2)17-11-26(5)19(8-14(17)4)21-13(3)6-7-16-22-18(25)9-15(24)10-20(22)27-23(16)21/h6-12H,1-5H3/q+1. The summed E-state index contributed by atoms with van der Waals surface area (Å²) in [4.78, 5) is 0. The highest BCUT2D eigenvalue weighted by atomic mass is 19.1. The van der Waals surface area contributed by atoms with Gasteiger partial charge in [-0.1, -0.05) is 26.0 Å². The lowest BCUT2D eigenvalue weighted by Gasteiger charge is -2.11. The number of aryl methyl sites for hydroxylation is 3. The smallest absolute Gasteiger partial charge is 0.216 e. The highest BCUT2D eigenvalue weighted by molar-refractivity contribution is 6.10. The van der Waals surface area contributed by atoms with E-state index in [2.05, 4.69) is 37.6 Å². The molecule has 0 fully saturated rings. The third-order valence-electron chi connectivity index (χ3n) is 5.27. The summed E-state index contributed by atoms with van der Waals surface area (Å²) in [5.41, 5.74) is 6.21. The van der Waals surface area contributed by atoms with E-state index in [0.29, 0.717) is 22.3 Å². The molecule has 0 bridgehead atoms. The number of rotatable bonds is 2. The van der Waals surface area contributed by atoms with Crippen LogP contribution in [0.2, 0.25) is 0 Å². The zero-order valence-electron chi connectivity index (χ0n) is 16.2. The Kier molecular flexibility index (Phi) is 4.02. The number of pyridine rings is 1. The fraction of sp³-hybridized carbons (Fsp3) is 0.261. The van der Waals surface area contributed by atoms with Crippen molar-refractivity contribution in [1.82, 2.24) is 0 Å². The molecule has 0 radical (unpaired) electrons. The zero-order valence-corrected chi connectivity index (χ0v) is 16.2. The normalized spacial score (nSPS) is 11.9. The summed E-state index contributed by atoms with van der Waals surface area (Å²) in [6.45, 7) is 8.45. The van der Waals surface area contributed by atoms with E-state index in [1.54, 1.807) is 0 Å². The molecule has 27 heavy (non-hydrogen) atoms. The molecule has 4 rings (SSSR count). The summed E-state index contributed by atoms with van der Waals surface area (Å²) in [6.07, 6.45) is 2.14. The van der Waals surface area contributed by atoms with Crippen molar-refractivity contribution < 1.29 is 17.8 Å². The first kappa shape index (κ1) is 17.7. The molecule has 4 heteroatoms. The first-order valence-electron chi connectivity index (χ1n) is 9.09. The van der Waals surface area contributed by atoms with Crippen molar-refractivity contribution in [3.8, 4) is 11.3 Å². The Morgan fingerprint density at radius 1 is 1.00 bits per heavy atom. The molecule has 0 saturated heterocycles. The summed E-state index contributed by atoms with van der Waals surface area (Å²) < 4.78 is 36.1. The van der Waals surface area contributed by atoms with Crippen LogP contribution in [0.1, 0.15) is 36.5 Å². The lowest BCUT2D eigenvalue weighted by Crippen LogP contribution is -2.32. The fourth-order valence-electron chi connectivity index (χ4n) is 3.93. The highest BCUT2D eigenvalue weighted by Crippen LogP contribution is 2.38. The second-order valence-electron chi connectivity index (χ2n) is 7.56. The van der Waals surface area contributed by atoms with Crippen LogP contribution >= 0.6 is 0 Å². The molecule has 0 aliphatic rings. The van der Waals surface area contributed by atoms with Crippen LogP contribution in [0.5, 0.6) is 0 Å². The predicted molar refractivity (Wildman–Crippen MR) is 104 cm³/mol. The van der Waals surface area contributed by atoms with E-state index in [9.17, 15) is 8.78 Å². The zero-order chi connectivity index (χ0) is 19.5. The molecule has 0 aliphatic heterocycles. The van der Waals surface area contributed by atoms with Crippen LogP contribution < -0.4 is 4.57 Å². The summed E-state index contributed by atoms with van der Waals surface area (Å²) >= 11 is 0. The molecule has 0 saturated carbocycles. The van der Waals surface area contributed by atoms with Gasteiger partial charge in [-0.25, -0.2) is 13.3 Å². The van der Waals surface area contributed by atoms with Crippen LogP contribution in [0.3, 0.4) is 0 Å². The second-order valence-corrected chi connectivity index (χ2v) is 7.56. The van der Waals surface area contributed by atoms with E-state index in [-0.39, 0.29) is 5.58 Å². The predicted octanol–water partition coefficient (Wildman–Crippen LogP) is 6.10. The van der Waals surface area contributed by atoms with Gasteiger partial charge in [-0.2, -0.15) is 0 Å². The van der Waals surface area contributed by atoms with Crippen molar-refractivity contribution in [3.63, 3.8) is 0 Å². The monoisotopic (exact) mass is 366 g/mol. The number of furan rings is 1. The Balaban J connectivity index is 2.10. The first-order chi connectivity index (χ1) is 12.8. The second kappa shape index (κ2) is 6.15. The van der Waals surface area contributed by atoms with Crippen LogP contribution in [0, 0.1) is 25.5 Å². The van der Waals surface area contributed by atoms with E-state index < -0.39 is 11.6 Å². The average molecular weight is 366 g/mol. The molecule has 2 aromatic carbocycles. The summed E-state index contributed by atoms with van der Waals surface area (Å²) in [6, 6.07) is 8.09. The quantitative estimate of drug-likeness (QED) is 0.392. The van der Waals surface area contributed by atoms with Crippen molar-refractivity contribution in [2.45, 2.75) is 33.6 Å². The minimum absolute atomic E-state index is 0.229. The van der Waals surface area contributed by atoms with Gasteiger partial charge in [0.05, 0.1) is 10.9 Å². The van der Waals surface area contributed by atoms with Crippen LogP contribution in [-0.4, -0.2) is 0 Å². The minimum Gasteiger partial charge on any atom is -0.455 e. The Morgan fingerprint density at radius 3 is 2.44 bits per heavy atom. The first-order valence-corrected chi connectivity index (χ1v) is 9.09. The molecule has 0 unspecified atom stereocenters. The maximum atomic E-state index is 14.4. The van der Waals surface area contributed by atoms with Crippen LogP contribution in [0.4, 0.5) is 8.78 Å². The summed E-state index contributed by atoms with van der Waals surface area (Å²) in [5.74, 6) is -0.820. The Bertz CT molecular complexity index is 1200. The number of fused-ring (bicyclic) bond motifs is 3. The van der Waals surface area contributed by atoms with Crippen molar-refractivity contribution in [2.75, 3.05) is 0 Å². The third-order valence-corrected chi connectivity index (χ3v) is 5.27. The molecule has 138 valence electrons. The average Bonchev–Trinajstić information content (AvgIpc) is 2.94. The number of halogens is 2. The maximum Gasteiger partial charge on any atom is 0.216 e. The molecule has 0 atom stereocenters. The van der Waals surface area contributed by atoms with Crippen LogP contribution in [-0.2, 0) is 7.05 Å². The lowest BCUT2D eigenvalue weighted by molar-refractivity contribution is -0.660. The fourth-order valence-corrected chi connectivity index (χ4v) is 3.93. The van der Waals surface area contributed by atoms with Gasteiger partial charge in [0, 0.05) is 29.1 Å². The Hall–Kier alpha value is -2.75.